The van der Waals surface area contributed by atoms with Crippen molar-refractivity contribution in [3.63, 3.8) is 0 Å². The van der Waals surface area contributed by atoms with Gasteiger partial charge < -0.3 is 4.43 Å². The van der Waals surface area contributed by atoms with Gasteiger partial charge >= 0.3 is 0 Å². The highest BCUT2D eigenvalue weighted by atomic mass is 35.7. The van der Waals surface area contributed by atoms with Crippen LogP contribution in [0.1, 0.15) is 38.5 Å². The van der Waals surface area contributed by atoms with Gasteiger partial charge in [-0.15, -0.1) is 22.2 Å². The van der Waals surface area contributed by atoms with E-state index in [2.05, 4.69) is 19.6 Å². The molecule has 6 heteroatoms. The summed E-state index contributed by atoms with van der Waals surface area (Å²) < 4.78 is 6.08. The van der Waals surface area contributed by atoms with E-state index in [1.807, 2.05) is 6.55 Å². The maximum atomic E-state index is 6.08. The Balaban J connectivity index is 3.36. The minimum Gasteiger partial charge on any atom is -0.419 e. The van der Waals surface area contributed by atoms with Crippen molar-refractivity contribution in [1.82, 2.24) is 0 Å². The molecule has 0 aliphatic carbocycles. The molecule has 0 saturated heterocycles. The van der Waals surface area contributed by atoms with Crippen molar-refractivity contribution >= 4 is 47.4 Å². The second kappa shape index (κ2) is 9.19. The fraction of sp³-hybridized carbons (Fsp3) is 1.00. The molecule has 0 N–H and O–H groups in total. The van der Waals surface area contributed by atoms with Gasteiger partial charge in [-0.2, -0.15) is 0 Å². The standard InChI is InChI=1S/C12H30Cl2OSi3/c1-17(2,3)15-12(16)10-8-6-5-7-9-11-18(4,13)14/h12H,5-11H2,1-4,16H3. The summed E-state index contributed by atoms with van der Waals surface area (Å²) in [6, 6.07) is 1.04. The first kappa shape index (κ1) is 19.2. The molecule has 0 aliphatic heterocycles. The summed E-state index contributed by atoms with van der Waals surface area (Å²) >= 11 is 12.1. The Bertz CT molecular complexity index is 214. The monoisotopic (exact) mass is 344 g/mol. The number of unbranched alkanes of at least 4 members (excludes halogenated alkanes) is 4. The molecule has 0 radical (unpaired) electrons. The lowest BCUT2D eigenvalue weighted by Crippen LogP contribution is -2.32. The molecule has 0 spiro atoms. The van der Waals surface area contributed by atoms with Crippen LogP contribution in [-0.2, 0) is 4.43 Å². The highest BCUT2D eigenvalue weighted by molar-refractivity contribution is 7.44. The van der Waals surface area contributed by atoms with E-state index in [1.54, 1.807) is 0 Å². The third-order valence-corrected chi connectivity index (χ3v) is 7.54. The summed E-state index contributed by atoms with van der Waals surface area (Å²) in [6.45, 7) is 7.00. The Labute approximate surface area is 128 Å². The Kier molecular flexibility index (Phi) is 9.79. The van der Waals surface area contributed by atoms with Gasteiger partial charge in [0.1, 0.15) is 0 Å². The molecule has 0 aromatic heterocycles. The number of rotatable bonds is 10. The van der Waals surface area contributed by atoms with Crippen LogP contribution in [0.2, 0.25) is 32.2 Å². The lowest BCUT2D eigenvalue weighted by Gasteiger charge is -2.23. The number of halogens is 2. The van der Waals surface area contributed by atoms with Crippen LogP contribution in [0.3, 0.4) is 0 Å². The van der Waals surface area contributed by atoms with Crippen molar-refractivity contribution in [2.24, 2.45) is 0 Å². The van der Waals surface area contributed by atoms with Gasteiger partial charge in [-0.1, -0.05) is 32.1 Å². The fourth-order valence-electron chi connectivity index (χ4n) is 2.06. The third kappa shape index (κ3) is 15.2. The quantitative estimate of drug-likeness (QED) is 0.323. The minimum absolute atomic E-state index is 0.568. The molecule has 0 rings (SSSR count). The second-order valence-electron chi connectivity index (χ2n) is 6.42. The molecule has 0 saturated carbocycles. The lowest BCUT2D eigenvalue weighted by atomic mass is 10.1. The van der Waals surface area contributed by atoms with E-state index in [-0.39, 0.29) is 0 Å². The molecule has 110 valence electrons. The van der Waals surface area contributed by atoms with Gasteiger partial charge in [0.2, 0.25) is 6.69 Å². The van der Waals surface area contributed by atoms with Gasteiger partial charge in [-0.3, -0.25) is 0 Å². The van der Waals surface area contributed by atoms with Crippen LogP contribution in [0.5, 0.6) is 0 Å². The molecular formula is C12H30Cl2OSi3. The van der Waals surface area contributed by atoms with Crippen molar-refractivity contribution in [1.29, 1.82) is 0 Å². The molecule has 0 aromatic rings. The van der Waals surface area contributed by atoms with E-state index in [1.165, 1.54) is 48.8 Å². The maximum absolute atomic E-state index is 6.08. The first-order chi connectivity index (χ1) is 8.10. The maximum Gasteiger partial charge on any atom is 0.248 e. The third-order valence-electron chi connectivity index (χ3n) is 2.78. The zero-order valence-electron chi connectivity index (χ0n) is 12.7. The topological polar surface area (TPSA) is 9.23 Å². The average Bonchev–Trinajstić information content (AvgIpc) is 2.11. The van der Waals surface area contributed by atoms with Gasteiger partial charge in [-0.25, -0.2) is 0 Å². The number of hydrogen-bond acceptors (Lipinski definition) is 1. The Hall–Kier alpha value is 1.19. The first-order valence-electron chi connectivity index (χ1n) is 7.16. The molecule has 1 nitrogen and oxygen atoms in total. The first-order valence-corrected chi connectivity index (χ1v) is 16.5. The van der Waals surface area contributed by atoms with Crippen LogP contribution < -0.4 is 0 Å². The van der Waals surface area contributed by atoms with Crippen LogP contribution in [0.4, 0.5) is 0 Å². The zero-order chi connectivity index (χ0) is 14.2. The lowest BCUT2D eigenvalue weighted by molar-refractivity contribution is 0.257. The molecule has 18 heavy (non-hydrogen) atoms. The molecule has 0 bridgehead atoms. The zero-order valence-corrected chi connectivity index (χ0v) is 18.2. The summed E-state index contributed by atoms with van der Waals surface area (Å²) in [5.41, 5.74) is 0.568. The summed E-state index contributed by atoms with van der Waals surface area (Å²) in [6.07, 6.45) is 7.70. The highest BCUT2D eigenvalue weighted by Gasteiger charge is 2.19. The Morgan fingerprint density at radius 2 is 1.44 bits per heavy atom. The predicted molar refractivity (Wildman–Crippen MR) is 94.0 cm³/mol. The smallest absolute Gasteiger partial charge is 0.248 e. The van der Waals surface area contributed by atoms with E-state index in [0.717, 1.165) is 6.04 Å². The summed E-state index contributed by atoms with van der Waals surface area (Å²) in [5, 5.41) is 0. The summed E-state index contributed by atoms with van der Waals surface area (Å²) in [4.78, 5) is 0. The van der Waals surface area contributed by atoms with Gasteiger partial charge in [0, 0.05) is 16.0 Å². The molecule has 0 amide bonds. The van der Waals surface area contributed by atoms with Gasteiger partial charge in [0.15, 0.2) is 8.32 Å². The molecule has 0 fully saturated rings. The van der Waals surface area contributed by atoms with Gasteiger partial charge in [0.25, 0.3) is 0 Å². The largest absolute Gasteiger partial charge is 0.419 e. The Morgan fingerprint density at radius 3 is 1.94 bits per heavy atom. The van der Waals surface area contributed by atoms with E-state index >= 15 is 0 Å². The molecule has 1 unspecified atom stereocenters. The molecular weight excluding hydrogens is 315 g/mol. The van der Waals surface area contributed by atoms with Crippen molar-refractivity contribution in [3.05, 3.63) is 0 Å². The van der Waals surface area contributed by atoms with Crippen LogP contribution in [0.25, 0.3) is 0 Å². The average molecular weight is 346 g/mol. The minimum atomic E-state index is -1.84. The van der Waals surface area contributed by atoms with Crippen molar-refractivity contribution in [3.8, 4) is 0 Å². The molecule has 0 aromatic carbocycles. The second-order valence-corrected chi connectivity index (χ2v) is 20.4. The van der Waals surface area contributed by atoms with E-state index in [0.29, 0.717) is 5.73 Å². The van der Waals surface area contributed by atoms with Crippen LogP contribution in [0, 0.1) is 0 Å². The van der Waals surface area contributed by atoms with E-state index < -0.39 is 15.0 Å². The SMILES string of the molecule is C[Si](Cl)(Cl)CCCCCCCC([SiH3])O[Si](C)(C)C. The highest BCUT2D eigenvalue weighted by Crippen LogP contribution is 2.23. The van der Waals surface area contributed by atoms with Crippen molar-refractivity contribution in [2.45, 2.75) is 76.5 Å². The Morgan fingerprint density at radius 1 is 0.944 bits per heavy atom. The van der Waals surface area contributed by atoms with E-state index in [4.69, 9.17) is 26.6 Å². The number of hydrogen-bond donors (Lipinski definition) is 0. The fourth-order valence-corrected chi connectivity index (χ4v) is 7.59. The van der Waals surface area contributed by atoms with Gasteiger partial charge in [0.05, 0.1) is 0 Å². The normalized spacial score (nSPS) is 15.0. The summed E-state index contributed by atoms with van der Waals surface area (Å²) in [5.74, 6) is 0. The van der Waals surface area contributed by atoms with Crippen LogP contribution >= 0.6 is 22.2 Å². The molecule has 0 heterocycles. The predicted octanol–water partition coefficient (Wildman–Crippen LogP) is 4.42. The van der Waals surface area contributed by atoms with Crippen LogP contribution in [-0.4, -0.2) is 31.0 Å². The van der Waals surface area contributed by atoms with E-state index in [9.17, 15) is 0 Å². The molecule has 0 aliphatic rings. The molecule has 1 atom stereocenters. The van der Waals surface area contributed by atoms with Crippen molar-refractivity contribution in [2.75, 3.05) is 0 Å². The van der Waals surface area contributed by atoms with Crippen molar-refractivity contribution < 1.29 is 4.43 Å². The van der Waals surface area contributed by atoms with Gasteiger partial charge in [-0.05, 0) is 38.7 Å². The summed E-state index contributed by atoms with van der Waals surface area (Å²) in [7, 11) is -0.146. The van der Waals surface area contributed by atoms with Crippen LogP contribution in [0.15, 0.2) is 0 Å².